The van der Waals surface area contributed by atoms with Gasteiger partial charge in [0.2, 0.25) is 0 Å². The molecular weight excluding hydrogens is 322 g/mol. The summed E-state index contributed by atoms with van der Waals surface area (Å²) in [7, 11) is 0. The second-order valence-corrected chi connectivity index (χ2v) is 6.56. The van der Waals surface area contributed by atoms with Gasteiger partial charge in [0.1, 0.15) is 5.69 Å². The molecular formula is C18H21N3O4. The molecule has 1 aliphatic rings. The van der Waals surface area contributed by atoms with E-state index < -0.39 is 17.2 Å². The zero-order valence-corrected chi connectivity index (χ0v) is 14.3. The Labute approximate surface area is 144 Å². The van der Waals surface area contributed by atoms with E-state index in [1.54, 1.807) is 12.1 Å². The van der Waals surface area contributed by atoms with Crippen molar-refractivity contribution in [2.75, 3.05) is 13.1 Å². The van der Waals surface area contributed by atoms with Gasteiger partial charge >= 0.3 is 11.7 Å². The monoisotopic (exact) mass is 343 g/mol. The van der Waals surface area contributed by atoms with Gasteiger partial charge in [0, 0.05) is 6.54 Å². The van der Waals surface area contributed by atoms with E-state index >= 15 is 0 Å². The molecule has 1 fully saturated rings. The number of benzene rings is 1. The molecule has 0 unspecified atom stereocenters. The summed E-state index contributed by atoms with van der Waals surface area (Å²) < 4.78 is 1.03. The highest BCUT2D eigenvalue weighted by Gasteiger charge is 2.23. The van der Waals surface area contributed by atoms with Crippen LogP contribution < -0.4 is 11.2 Å². The first kappa shape index (κ1) is 17.2. The molecule has 1 aliphatic heterocycles. The summed E-state index contributed by atoms with van der Waals surface area (Å²) in [6, 6.07) is 5.42. The average molecular weight is 343 g/mol. The second kappa shape index (κ2) is 6.68. The molecule has 0 radical (unpaired) electrons. The third-order valence-corrected chi connectivity index (χ3v) is 4.46. The Bertz CT molecular complexity index is 916. The molecule has 1 aromatic heterocycles. The number of aromatic amines is 1. The fourth-order valence-electron chi connectivity index (χ4n) is 3.38. The van der Waals surface area contributed by atoms with Crippen molar-refractivity contribution in [2.24, 2.45) is 0 Å². The van der Waals surface area contributed by atoms with Crippen LogP contribution in [0.5, 0.6) is 0 Å². The second-order valence-electron chi connectivity index (χ2n) is 6.56. The number of hydrogen-bond acceptors (Lipinski definition) is 4. The molecule has 1 aromatic carbocycles. The van der Waals surface area contributed by atoms with Crippen LogP contribution in [0.15, 0.2) is 27.8 Å². The van der Waals surface area contributed by atoms with Gasteiger partial charge in [-0.05, 0) is 63.0 Å². The normalized spacial score (nSPS) is 14.8. The fourth-order valence-corrected chi connectivity index (χ4v) is 3.38. The van der Waals surface area contributed by atoms with Gasteiger partial charge in [0.05, 0.1) is 11.3 Å². The average Bonchev–Trinajstić information content (AvgIpc) is 3.01. The van der Waals surface area contributed by atoms with Gasteiger partial charge < -0.3 is 10.1 Å². The topological polar surface area (TPSA) is 95.4 Å². The molecule has 0 saturated carbocycles. The Hall–Kier alpha value is -2.67. The van der Waals surface area contributed by atoms with Crippen molar-refractivity contribution in [1.82, 2.24) is 14.5 Å². The van der Waals surface area contributed by atoms with Crippen LogP contribution in [0.1, 0.15) is 40.0 Å². The van der Waals surface area contributed by atoms with Crippen molar-refractivity contribution in [3.8, 4) is 5.69 Å². The number of carbonyl (C=O) groups is 1. The number of hydrogen-bond donors (Lipinski definition) is 2. The molecule has 3 rings (SSSR count). The minimum atomic E-state index is -1.30. The molecule has 0 bridgehead atoms. The third kappa shape index (κ3) is 3.41. The molecule has 2 N–H and O–H groups in total. The number of carboxylic acids is 1. The molecule has 0 aliphatic carbocycles. The third-order valence-electron chi connectivity index (χ3n) is 4.46. The maximum atomic E-state index is 13.0. The van der Waals surface area contributed by atoms with Crippen LogP contribution in [0.3, 0.4) is 0 Å². The summed E-state index contributed by atoms with van der Waals surface area (Å²) in [5, 5.41) is 9.40. The van der Waals surface area contributed by atoms with E-state index in [0.29, 0.717) is 5.69 Å². The first-order chi connectivity index (χ1) is 11.9. The van der Waals surface area contributed by atoms with Gasteiger partial charge in [0.25, 0.3) is 5.56 Å². The lowest BCUT2D eigenvalue weighted by Crippen LogP contribution is -2.40. The number of likely N-dealkylation sites (tertiary alicyclic amines) is 1. The molecule has 2 heterocycles. The predicted molar refractivity (Wildman–Crippen MR) is 93.6 cm³/mol. The van der Waals surface area contributed by atoms with E-state index in [-0.39, 0.29) is 17.8 Å². The summed E-state index contributed by atoms with van der Waals surface area (Å²) in [4.78, 5) is 41.3. The molecule has 25 heavy (non-hydrogen) atoms. The van der Waals surface area contributed by atoms with E-state index in [0.717, 1.165) is 41.6 Å². The molecule has 2 aromatic rings. The van der Waals surface area contributed by atoms with Crippen molar-refractivity contribution in [1.29, 1.82) is 0 Å². The predicted octanol–water partition coefficient (Wildman–Crippen LogP) is 1.44. The van der Waals surface area contributed by atoms with Crippen LogP contribution in [0, 0.1) is 13.8 Å². The standard InChI is InChI=1S/C18H21N3O4/c1-11-7-12(2)9-13(8-11)21-16(22)14(10-20-5-3-4-6-20)15(17(23)24)19-18(21)25/h7-9H,3-6,10H2,1-2H3,(H,19,25)(H,23,24). The molecule has 7 heteroatoms. The smallest absolute Gasteiger partial charge is 0.352 e. The van der Waals surface area contributed by atoms with Crippen molar-refractivity contribution >= 4 is 5.97 Å². The number of H-pyrrole nitrogens is 1. The Morgan fingerprint density at radius 3 is 2.28 bits per heavy atom. The van der Waals surface area contributed by atoms with E-state index in [1.807, 2.05) is 24.8 Å². The Morgan fingerprint density at radius 2 is 1.72 bits per heavy atom. The summed E-state index contributed by atoms with van der Waals surface area (Å²) >= 11 is 0. The van der Waals surface area contributed by atoms with E-state index in [1.165, 1.54) is 0 Å². The number of carboxylic acid groups (broad SMARTS) is 1. The number of aromatic nitrogens is 2. The molecule has 7 nitrogen and oxygen atoms in total. The number of rotatable bonds is 4. The van der Waals surface area contributed by atoms with Crippen LogP contribution in [0.25, 0.3) is 5.69 Å². The number of aromatic carboxylic acids is 1. The molecule has 132 valence electrons. The number of nitrogens with one attached hydrogen (secondary N) is 1. The highest BCUT2D eigenvalue weighted by Crippen LogP contribution is 2.14. The van der Waals surface area contributed by atoms with E-state index in [9.17, 15) is 19.5 Å². The van der Waals surface area contributed by atoms with Crippen molar-refractivity contribution in [2.45, 2.75) is 33.2 Å². The van der Waals surface area contributed by atoms with Crippen molar-refractivity contribution in [3.05, 3.63) is 61.4 Å². The SMILES string of the molecule is Cc1cc(C)cc(-n2c(=O)[nH]c(C(=O)O)c(CN3CCCC3)c2=O)c1. The summed E-state index contributed by atoms with van der Waals surface area (Å²) in [5.41, 5.74) is 0.782. The Balaban J connectivity index is 2.21. The Morgan fingerprint density at radius 1 is 1.12 bits per heavy atom. The van der Waals surface area contributed by atoms with E-state index in [4.69, 9.17) is 0 Å². The Kier molecular flexibility index (Phi) is 4.59. The van der Waals surface area contributed by atoms with Crippen molar-refractivity contribution in [3.63, 3.8) is 0 Å². The van der Waals surface area contributed by atoms with Crippen LogP contribution in [0.2, 0.25) is 0 Å². The van der Waals surface area contributed by atoms with Gasteiger partial charge in [-0.1, -0.05) is 6.07 Å². The fraction of sp³-hybridized carbons (Fsp3) is 0.389. The van der Waals surface area contributed by atoms with Crippen molar-refractivity contribution < 1.29 is 9.90 Å². The maximum Gasteiger partial charge on any atom is 0.352 e. The largest absolute Gasteiger partial charge is 0.477 e. The van der Waals surface area contributed by atoms with Gasteiger partial charge in [0.15, 0.2) is 0 Å². The van der Waals surface area contributed by atoms with E-state index in [2.05, 4.69) is 4.98 Å². The number of aryl methyl sites for hydroxylation is 2. The molecule has 1 saturated heterocycles. The lowest BCUT2D eigenvalue weighted by molar-refractivity contribution is 0.0687. The minimum absolute atomic E-state index is 0.119. The highest BCUT2D eigenvalue weighted by atomic mass is 16.4. The van der Waals surface area contributed by atoms with Crippen LogP contribution in [0.4, 0.5) is 0 Å². The van der Waals surface area contributed by atoms with Gasteiger partial charge in [-0.3, -0.25) is 9.69 Å². The lowest BCUT2D eigenvalue weighted by atomic mass is 10.1. The first-order valence-corrected chi connectivity index (χ1v) is 8.29. The molecule has 0 spiro atoms. The summed E-state index contributed by atoms with van der Waals surface area (Å²) in [6.45, 7) is 5.63. The zero-order chi connectivity index (χ0) is 18.1. The summed E-state index contributed by atoms with van der Waals surface area (Å²) in [6.07, 6.45) is 2.05. The minimum Gasteiger partial charge on any atom is -0.477 e. The van der Waals surface area contributed by atoms with Crippen LogP contribution in [-0.2, 0) is 6.54 Å². The first-order valence-electron chi connectivity index (χ1n) is 8.29. The van der Waals surface area contributed by atoms with Crippen LogP contribution >= 0.6 is 0 Å². The summed E-state index contributed by atoms with van der Waals surface area (Å²) in [5.74, 6) is -1.30. The molecule has 0 amide bonds. The maximum absolute atomic E-state index is 13.0. The highest BCUT2D eigenvalue weighted by molar-refractivity contribution is 5.86. The number of nitrogens with zero attached hydrogens (tertiary/aromatic N) is 2. The zero-order valence-electron chi connectivity index (χ0n) is 14.3. The van der Waals surface area contributed by atoms with Gasteiger partial charge in [-0.15, -0.1) is 0 Å². The van der Waals surface area contributed by atoms with Gasteiger partial charge in [-0.2, -0.15) is 0 Å². The van der Waals surface area contributed by atoms with Crippen LogP contribution in [-0.4, -0.2) is 38.6 Å². The lowest BCUT2D eigenvalue weighted by Gasteiger charge is -2.17. The van der Waals surface area contributed by atoms with Gasteiger partial charge in [-0.25, -0.2) is 14.2 Å². The quantitative estimate of drug-likeness (QED) is 0.876. The molecule has 0 atom stereocenters.